The van der Waals surface area contributed by atoms with Gasteiger partial charge in [-0.15, -0.1) is 6.58 Å². The molecule has 140 valence electrons. The van der Waals surface area contributed by atoms with Gasteiger partial charge in [-0.05, 0) is 55.3 Å². The van der Waals surface area contributed by atoms with E-state index in [4.69, 9.17) is 0 Å². The SMILES string of the molecule is C=CCNS(=O)(=O)c1ccc(C(=O)Nc2nc3cc(C)cc(C)c3s2)cc1. The Balaban J connectivity index is 1.78. The van der Waals surface area contributed by atoms with Crippen LogP contribution in [0.1, 0.15) is 21.5 Å². The van der Waals surface area contributed by atoms with Gasteiger partial charge in [0.05, 0.1) is 15.1 Å². The average molecular weight is 402 g/mol. The Morgan fingerprint density at radius 1 is 1.22 bits per heavy atom. The highest BCUT2D eigenvalue weighted by Crippen LogP contribution is 2.30. The molecule has 0 atom stereocenters. The monoisotopic (exact) mass is 401 g/mol. The molecule has 0 aliphatic rings. The number of anilines is 1. The summed E-state index contributed by atoms with van der Waals surface area (Å²) in [7, 11) is -3.61. The van der Waals surface area contributed by atoms with Gasteiger partial charge in [0.2, 0.25) is 10.0 Å². The lowest BCUT2D eigenvalue weighted by molar-refractivity contribution is 0.102. The molecular formula is C19H19N3O3S2. The molecule has 0 saturated carbocycles. The Kier molecular flexibility index (Phi) is 5.41. The van der Waals surface area contributed by atoms with Crippen LogP contribution in [0.5, 0.6) is 0 Å². The summed E-state index contributed by atoms with van der Waals surface area (Å²) in [5, 5.41) is 3.28. The van der Waals surface area contributed by atoms with E-state index in [2.05, 4.69) is 27.7 Å². The van der Waals surface area contributed by atoms with Crippen LogP contribution in [0.2, 0.25) is 0 Å². The second-order valence-electron chi connectivity index (χ2n) is 6.07. The first-order valence-electron chi connectivity index (χ1n) is 8.20. The van der Waals surface area contributed by atoms with Crippen LogP contribution < -0.4 is 10.0 Å². The fourth-order valence-corrected chi connectivity index (χ4v) is 4.55. The second kappa shape index (κ2) is 7.59. The summed E-state index contributed by atoms with van der Waals surface area (Å²) in [5.74, 6) is -0.341. The zero-order chi connectivity index (χ0) is 19.6. The number of benzene rings is 2. The number of amides is 1. The number of aromatic nitrogens is 1. The largest absolute Gasteiger partial charge is 0.298 e. The zero-order valence-electron chi connectivity index (χ0n) is 14.9. The third-order valence-electron chi connectivity index (χ3n) is 3.89. The van der Waals surface area contributed by atoms with Crippen LogP contribution in [0.25, 0.3) is 10.2 Å². The van der Waals surface area contributed by atoms with Gasteiger partial charge in [-0.2, -0.15) is 0 Å². The molecule has 0 bridgehead atoms. The number of sulfonamides is 1. The number of hydrogen-bond acceptors (Lipinski definition) is 5. The molecule has 0 unspecified atom stereocenters. The van der Waals surface area contributed by atoms with E-state index in [0.29, 0.717) is 10.7 Å². The number of thiazole rings is 1. The first kappa shape index (κ1) is 19.2. The first-order chi connectivity index (χ1) is 12.8. The van der Waals surface area contributed by atoms with E-state index < -0.39 is 10.0 Å². The van der Waals surface area contributed by atoms with Crippen LogP contribution in [0.3, 0.4) is 0 Å². The van der Waals surface area contributed by atoms with Crippen molar-refractivity contribution in [2.24, 2.45) is 0 Å². The minimum absolute atomic E-state index is 0.0898. The van der Waals surface area contributed by atoms with Crippen LogP contribution in [0, 0.1) is 13.8 Å². The Morgan fingerprint density at radius 3 is 2.59 bits per heavy atom. The molecule has 1 aromatic heterocycles. The third-order valence-corrected chi connectivity index (χ3v) is 6.45. The lowest BCUT2D eigenvalue weighted by Crippen LogP contribution is -2.23. The molecule has 1 amide bonds. The third kappa shape index (κ3) is 4.24. The van der Waals surface area contributed by atoms with Crippen LogP contribution >= 0.6 is 11.3 Å². The van der Waals surface area contributed by atoms with E-state index in [1.165, 1.54) is 41.7 Å². The maximum atomic E-state index is 12.5. The van der Waals surface area contributed by atoms with Crippen LogP contribution in [0.15, 0.2) is 53.9 Å². The number of carbonyl (C=O) groups excluding carboxylic acids is 1. The van der Waals surface area contributed by atoms with E-state index in [1.54, 1.807) is 0 Å². The lowest BCUT2D eigenvalue weighted by atomic mass is 10.1. The van der Waals surface area contributed by atoms with E-state index in [1.807, 2.05) is 19.9 Å². The Morgan fingerprint density at radius 2 is 1.93 bits per heavy atom. The van der Waals surface area contributed by atoms with Gasteiger partial charge in [-0.1, -0.05) is 23.5 Å². The van der Waals surface area contributed by atoms with Crippen molar-refractivity contribution in [1.82, 2.24) is 9.71 Å². The molecule has 2 N–H and O–H groups in total. The molecule has 0 aliphatic heterocycles. The van der Waals surface area contributed by atoms with Crippen LogP contribution in [0.4, 0.5) is 5.13 Å². The van der Waals surface area contributed by atoms with Crippen molar-refractivity contribution in [2.75, 3.05) is 11.9 Å². The van der Waals surface area contributed by atoms with Gasteiger partial charge in [0.25, 0.3) is 5.91 Å². The summed E-state index contributed by atoms with van der Waals surface area (Å²) in [4.78, 5) is 17.0. The molecule has 0 aliphatic carbocycles. The second-order valence-corrected chi connectivity index (χ2v) is 8.83. The van der Waals surface area contributed by atoms with Gasteiger partial charge >= 0.3 is 0 Å². The van der Waals surface area contributed by atoms with E-state index in [0.717, 1.165) is 21.3 Å². The van der Waals surface area contributed by atoms with Gasteiger partial charge in [-0.3, -0.25) is 10.1 Å². The first-order valence-corrected chi connectivity index (χ1v) is 10.5. The molecular weight excluding hydrogens is 382 g/mol. The van der Waals surface area contributed by atoms with E-state index in [9.17, 15) is 13.2 Å². The standard InChI is InChI=1S/C19H19N3O3S2/c1-4-9-20-27(24,25)15-7-5-14(6-8-15)18(23)22-19-21-16-11-12(2)10-13(3)17(16)26-19/h4-8,10-11,20H,1,9H2,2-3H3,(H,21,22,23). The molecule has 1 heterocycles. The van der Waals surface area contributed by atoms with Crippen molar-refractivity contribution in [3.8, 4) is 0 Å². The van der Waals surface area contributed by atoms with Crippen molar-refractivity contribution >= 4 is 42.6 Å². The fourth-order valence-electron chi connectivity index (χ4n) is 2.64. The summed E-state index contributed by atoms with van der Waals surface area (Å²) in [6, 6.07) is 9.79. The normalized spacial score (nSPS) is 11.5. The number of aryl methyl sites for hydroxylation is 2. The summed E-state index contributed by atoms with van der Waals surface area (Å²) in [6.45, 7) is 7.63. The molecule has 27 heavy (non-hydrogen) atoms. The number of carbonyl (C=O) groups is 1. The Bertz CT molecular complexity index is 1120. The van der Waals surface area contributed by atoms with Crippen molar-refractivity contribution < 1.29 is 13.2 Å². The van der Waals surface area contributed by atoms with E-state index in [-0.39, 0.29) is 17.3 Å². The molecule has 3 rings (SSSR count). The Hall–Kier alpha value is -2.55. The van der Waals surface area contributed by atoms with Crippen LogP contribution in [-0.2, 0) is 10.0 Å². The number of fused-ring (bicyclic) bond motifs is 1. The predicted molar refractivity (Wildman–Crippen MR) is 109 cm³/mol. The molecule has 0 saturated heterocycles. The van der Waals surface area contributed by atoms with Crippen molar-refractivity contribution in [3.05, 3.63) is 65.7 Å². The Labute approximate surface area is 162 Å². The van der Waals surface area contributed by atoms with Crippen molar-refractivity contribution in [3.63, 3.8) is 0 Å². The van der Waals surface area contributed by atoms with Crippen molar-refractivity contribution in [1.29, 1.82) is 0 Å². The van der Waals surface area contributed by atoms with Gasteiger partial charge in [0.1, 0.15) is 0 Å². The number of nitrogens with zero attached hydrogens (tertiary/aromatic N) is 1. The number of rotatable bonds is 6. The highest BCUT2D eigenvalue weighted by atomic mass is 32.2. The minimum atomic E-state index is -3.61. The van der Waals surface area contributed by atoms with Gasteiger partial charge in [0.15, 0.2) is 5.13 Å². The maximum absolute atomic E-state index is 12.5. The summed E-state index contributed by atoms with van der Waals surface area (Å²) in [6.07, 6.45) is 1.46. The van der Waals surface area contributed by atoms with Crippen molar-refractivity contribution in [2.45, 2.75) is 18.7 Å². The molecule has 0 spiro atoms. The van der Waals surface area contributed by atoms with Crippen LogP contribution in [-0.4, -0.2) is 25.9 Å². The highest BCUT2D eigenvalue weighted by molar-refractivity contribution is 7.89. The number of hydrogen-bond donors (Lipinski definition) is 2. The summed E-state index contributed by atoms with van der Waals surface area (Å²) >= 11 is 1.41. The van der Waals surface area contributed by atoms with E-state index >= 15 is 0 Å². The summed E-state index contributed by atoms with van der Waals surface area (Å²) in [5.41, 5.74) is 3.43. The highest BCUT2D eigenvalue weighted by Gasteiger charge is 2.15. The topological polar surface area (TPSA) is 88.2 Å². The quantitative estimate of drug-likeness (QED) is 0.618. The molecule has 6 nitrogen and oxygen atoms in total. The molecule has 8 heteroatoms. The lowest BCUT2D eigenvalue weighted by Gasteiger charge is -2.06. The minimum Gasteiger partial charge on any atom is -0.298 e. The van der Waals surface area contributed by atoms with Gasteiger partial charge < -0.3 is 0 Å². The molecule has 3 aromatic rings. The zero-order valence-corrected chi connectivity index (χ0v) is 16.6. The van der Waals surface area contributed by atoms with Gasteiger partial charge in [0, 0.05) is 12.1 Å². The van der Waals surface area contributed by atoms with Gasteiger partial charge in [-0.25, -0.2) is 18.1 Å². The molecule has 0 fully saturated rings. The average Bonchev–Trinajstić information content (AvgIpc) is 3.02. The number of nitrogens with one attached hydrogen (secondary N) is 2. The molecule has 0 radical (unpaired) electrons. The smallest absolute Gasteiger partial charge is 0.257 e. The fraction of sp³-hybridized carbons (Fsp3) is 0.158. The predicted octanol–water partition coefficient (Wildman–Crippen LogP) is 3.63. The molecule has 2 aromatic carbocycles. The summed E-state index contributed by atoms with van der Waals surface area (Å²) < 4.78 is 27.5. The maximum Gasteiger partial charge on any atom is 0.257 e.